The molecule has 2 atom stereocenters. The number of unbranched alkanes of at least 4 members (excludes halogenated alkanes) is 3. The third kappa shape index (κ3) is 6.39. The molecule has 194 valence electrons. The van der Waals surface area contributed by atoms with E-state index in [9.17, 15) is 21.6 Å². The summed E-state index contributed by atoms with van der Waals surface area (Å²) >= 11 is 0. The number of aryl methyl sites for hydroxylation is 1. The van der Waals surface area contributed by atoms with Crippen LogP contribution in [0.3, 0.4) is 0 Å². The molecule has 0 aliphatic carbocycles. The van der Waals surface area contributed by atoms with Crippen LogP contribution in [-0.2, 0) is 15.5 Å². The van der Waals surface area contributed by atoms with Gasteiger partial charge in [-0.3, -0.25) is 0 Å². The lowest BCUT2D eigenvalue weighted by atomic mass is 9.67. The van der Waals surface area contributed by atoms with Gasteiger partial charge in [0.05, 0.1) is 0 Å². The molecule has 2 unspecified atom stereocenters. The van der Waals surface area contributed by atoms with Crippen molar-refractivity contribution in [2.24, 2.45) is 5.92 Å². The first-order chi connectivity index (χ1) is 16.4. The second-order valence-electron chi connectivity index (χ2n) is 9.97. The van der Waals surface area contributed by atoms with Gasteiger partial charge in [-0.15, -0.1) is 0 Å². The van der Waals surface area contributed by atoms with Gasteiger partial charge in [0.15, 0.2) is 0 Å². The van der Waals surface area contributed by atoms with Crippen molar-refractivity contribution in [3.63, 3.8) is 0 Å². The molecular weight excluding hydrogens is 475 g/mol. The van der Waals surface area contributed by atoms with E-state index in [0.717, 1.165) is 42.7 Å². The quantitative estimate of drug-likeness (QED) is 0.205. The van der Waals surface area contributed by atoms with Gasteiger partial charge in [-0.05, 0) is 78.6 Å². The number of halogens is 3. The Bertz CT molecular complexity index is 1100. The Balaban J connectivity index is 1.77. The normalized spacial score (nSPS) is 21.7. The summed E-state index contributed by atoms with van der Waals surface area (Å²) in [6.45, 7) is 12.1. The summed E-state index contributed by atoms with van der Waals surface area (Å²) in [5.74, 6) is 0.105. The molecule has 2 aromatic rings. The molecule has 4 nitrogen and oxygen atoms in total. The van der Waals surface area contributed by atoms with E-state index in [1.165, 1.54) is 43.4 Å². The Hall–Kier alpha value is -2.06. The molecule has 3 rings (SSSR count). The molecule has 0 aromatic heterocycles. The summed E-state index contributed by atoms with van der Waals surface area (Å²) in [6, 6.07) is 12.1. The number of piperidine rings is 1. The van der Waals surface area contributed by atoms with E-state index in [-0.39, 0.29) is 11.2 Å². The highest BCUT2D eigenvalue weighted by molar-refractivity contribution is 7.88. The van der Waals surface area contributed by atoms with E-state index < -0.39 is 15.6 Å². The third-order valence-electron chi connectivity index (χ3n) is 7.45. The maximum atomic E-state index is 12.6. The van der Waals surface area contributed by atoms with Crippen LogP contribution >= 0.6 is 0 Å². The highest BCUT2D eigenvalue weighted by atomic mass is 32.2. The molecule has 0 bridgehead atoms. The number of benzene rings is 2. The zero-order valence-corrected chi connectivity index (χ0v) is 21.8. The SMILES string of the molecule is CCCCCCN1CCC(C)(c2ccc(C)c(-c3ccc(OS(=O)(=O)C(F)(F)F)cc3)c2)C(C)C1. The molecule has 1 heterocycles. The second-order valence-corrected chi connectivity index (χ2v) is 11.5. The predicted octanol–water partition coefficient (Wildman–Crippen LogP) is 7.07. The molecule has 0 amide bonds. The molecule has 0 spiro atoms. The Morgan fingerprint density at radius 3 is 2.37 bits per heavy atom. The minimum Gasteiger partial charge on any atom is -0.376 e. The lowest BCUT2D eigenvalue weighted by molar-refractivity contribution is -0.0500. The van der Waals surface area contributed by atoms with Crippen molar-refractivity contribution in [1.29, 1.82) is 0 Å². The fourth-order valence-electron chi connectivity index (χ4n) is 4.86. The van der Waals surface area contributed by atoms with E-state index >= 15 is 0 Å². The first kappa shape index (κ1) is 27.5. The molecule has 8 heteroatoms. The van der Waals surface area contributed by atoms with Gasteiger partial charge in [-0.1, -0.05) is 70.4 Å². The number of alkyl halides is 3. The van der Waals surface area contributed by atoms with E-state index in [1.807, 2.05) is 6.92 Å². The Morgan fingerprint density at radius 2 is 1.77 bits per heavy atom. The number of hydrogen-bond donors (Lipinski definition) is 0. The maximum absolute atomic E-state index is 12.6. The molecule has 2 aromatic carbocycles. The molecule has 1 aliphatic rings. The summed E-state index contributed by atoms with van der Waals surface area (Å²) < 4.78 is 64.6. The van der Waals surface area contributed by atoms with Gasteiger partial charge in [0.25, 0.3) is 0 Å². The molecule has 1 fully saturated rings. The molecular formula is C27H36F3NO3S. The number of likely N-dealkylation sites (tertiary alicyclic amines) is 1. The van der Waals surface area contributed by atoms with Crippen LogP contribution in [0.4, 0.5) is 13.2 Å². The van der Waals surface area contributed by atoms with Crippen LogP contribution in [0.5, 0.6) is 5.75 Å². The summed E-state index contributed by atoms with van der Waals surface area (Å²) in [6.07, 6.45) is 6.12. The van der Waals surface area contributed by atoms with Crippen LogP contribution in [-0.4, -0.2) is 38.5 Å². The third-order valence-corrected chi connectivity index (χ3v) is 8.43. The van der Waals surface area contributed by atoms with Gasteiger partial charge in [-0.25, -0.2) is 0 Å². The molecule has 0 radical (unpaired) electrons. The largest absolute Gasteiger partial charge is 0.534 e. The Morgan fingerprint density at radius 1 is 1.09 bits per heavy atom. The minimum absolute atomic E-state index is 0.0200. The van der Waals surface area contributed by atoms with Crippen molar-refractivity contribution in [2.75, 3.05) is 19.6 Å². The van der Waals surface area contributed by atoms with Gasteiger partial charge in [0, 0.05) is 6.54 Å². The van der Waals surface area contributed by atoms with Gasteiger partial charge in [0.2, 0.25) is 0 Å². The Labute approximate surface area is 207 Å². The fraction of sp³-hybridized carbons (Fsp3) is 0.556. The van der Waals surface area contributed by atoms with Gasteiger partial charge >= 0.3 is 15.6 Å². The first-order valence-electron chi connectivity index (χ1n) is 12.3. The molecule has 0 saturated carbocycles. The smallest absolute Gasteiger partial charge is 0.376 e. The topological polar surface area (TPSA) is 46.6 Å². The van der Waals surface area contributed by atoms with Crippen LogP contribution in [0.15, 0.2) is 42.5 Å². The zero-order chi connectivity index (χ0) is 25.9. The first-order valence-corrected chi connectivity index (χ1v) is 13.7. The van der Waals surface area contributed by atoms with Gasteiger partial charge < -0.3 is 9.08 Å². The van der Waals surface area contributed by atoms with Gasteiger partial charge in [-0.2, -0.15) is 21.6 Å². The van der Waals surface area contributed by atoms with Crippen molar-refractivity contribution in [2.45, 2.75) is 70.7 Å². The summed E-state index contributed by atoms with van der Waals surface area (Å²) in [5.41, 5.74) is -1.39. The van der Waals surface area contributed by atoms with E-state index in [0.29, 0.717) is 5.92 Å². The summed E-state index contributed by atoms with van der Waals surface area (Å²) in [4.78, 5) is 2.57. The van der Waals surface area contributed by atoms with Crippen molar-refractivity contribution in [3.05, 3.63) is 53.6 Å². The highest BCUT2D eigenvalue weighted by Crippen LogP contribution is 2.41. The van der Waals surface area contributed by atoms with E-state index in [1.54, 1.807) is 12.1 Å². The second kappa shape index (κ2) is 10.9. The van der Waals surface area contributed by atoms with Crippen LogP contribution < -0.4 is 4.18 Å². The van der Waals surface area contributed by atoms with E-state index in [4.69, 9.17) is 0 Å². The van der Waals surface area contributed by atoms with Crippen LogP contribution in [0, 0.1) is 12.8 Å². The number of hydrogen-bond acceptors (Lipinski definition) is 4. The minimum atomic E-state index is -5.69. The van der Waals surface area contributed by atoms with Crippen LogP contribution in [0.25, 0.3) is 11.1 Å². The molecule has 0 N–H and O–H groups in total. The highest BCUT2D eigenvalue weighted by Gasteiger charge is 2.48. The maximum Gasteiger partial charge on any atom is 0.534 e. The van der Waals surface area contributed by atoms with Crippen molar-refractivity contribution in [3.8, 4) is 16.9 Å². The standard InChI is InChI=1S/C27H36F3NO3S/c1-5-6-7-8-16-31-17-15-26(4,21(3)19-31)23-12-9-20(2)25(18-23)22-10-13-24(14-11-22)34-35(32,33)27(28,29)30/h9-14,18,21H,5-8,15-17,19H2,1-4H3. The monoisotopic (exact) mass is 511 g/mol. The average molecular weight is 512 g/mol. The molecule has 35 heavy (non-hydrogen) atoms. The predicted molar refractivity (Wildman–Crippen MR) is 134 cm³/mol. The van der Waals surface area contributed by atoms with Gasteiger partial charge in [0.1, 0.15) is 5.75 Å². The van der Waals surface area contributed by atoms with Crippen molar-refractivity contribution >= 4 is 10.1 Å². The number of rotatable bonds is 9. The number of nitrogens with zero attached hydrogens (tertiary/aromatic N) is 1. The van der Waals surface area contributed by atoms with E-state index in [2.05, 4.69) is 48.1 Å². The Kier molecular flexibility index (Phi) is 8.58. The average Bonchev–Trinajstić information content (AvgIpc) is 2.79. The van der Waals surface area contributed by atoms with Crippen LogP contribution in [0.2, 0.25) is 0 Å². The van der Waals surface area contributed by atoms with Crippen LogP contribution in [0.1, 0.15) is 64.0 Å². The van der Waals surface area contributed by atoms with Crippen molar-refractivity contribution < 1.29 is 25.8 Å². The summed E-state index contributed by atoms with van der Waals surface area (Å²) in [5, 5.41) is 0. The lowest BCUT2D eigenvalue weighted by Gasteiger charge is -2.45. The lowest BCUT2D eigenvalue weighted by Crippen LogP contribution is -2.47. The fourth-order valence-corrected chi connectivity index (χ4v) is 5.32. The zero-order valence-electron chi connectivity index (χ0n) is 21.0. The summed E-state index contributed by atoms with van der Waals surface area (Å²) in [7, 11) is -5.69. The molecule has 1 aliphatic heterocycles. The molecule has 1 saturated heterocycles. The van der Waals surface area contributed by atoms with Crippen molar-refractivity contribution in [1.82, 2.24) is 4.90 Å².